The van der Waals surface area contributed by atoms with E-state index in [1.54, 1.807) is 0 Å². The first-order chi connectivity index (χ1) is 9.50. The fourth-order valence-corrected chi connectivity index (χ4v) is 1.92. The molecule has 0 aromatic carbocycles. The Hall–Kier alpha value is -1.14. The molecule has 1 aliphatic rings. The van der Waals surface area contributed by atoms with Crippen molar-refractivity contribution < 1.29 is 14.3 Å². The zero-order valence-electron chi connectivity index (χ0n) is 12.8. The van der Waals surface area contributed by atoms with Crippen molar-refractivity contribution in [3.05, 3.63) is 0 Å². The van der Waals surface area contributed by atoms with Crippen LogP contribution in [0.1, 0.15) is 27.2 Å². The molecule has 0 bridgehead atoms. The number of hydrogen-bond acceptors (Lipinski definition) is 4. The normalized spacial score (nSPS) is 17.1. The zero-order valence-corrected chi connectivity index (χ0v) is 12.8. The number of rotatable bonds is 7. The van der Waals surface area contributed by atoms with E-state index in [4.69, 9.17) is 4.74 Å². The molecular formula is C14H27N3O3. The minimum absolute atomic E-state index is 0.0162. The molecule has 0 aromatic heterocycles. The van der Waals surface area contributed by atoms with Crippen LogP contribution in [0.15, 0.2) is 0 Å². The molecule has 1 unspecified atom stereocenters. The Balaban J connectivity index is 2.15. The SMILES string of the molecule is CC(C)CNC(=O)C(C)NCCC(=O)N1CCOCC1. The van der Waals surface area contributed by atoms with Crippen molar-refractivity contribution in [1.29, 1.82) is 0 Å². The van der Waals surface area contributed by atoms with Crippen LogP contribution in [0.25, 0.3) is 0 Å². The predicted molar refractivity (Wildman–Crippen MR) is 77.3 cm³/mol. The molecule has 1 fully saturated rings. The van der Waals surface area contributed by atoms with Crippen LogP contribution in [0.5, 0.6) is 0 Å². The van der Waals surface area contributed by atoms with Gasteiger partial charge in [-0.25, -0.2) is 0 Å². The summed E-state index contributed by atoms with van der Waals surface area (Å²) in [5.74, 6) is 0.544. The molecule has 0 radical (unpaired) electrons. The second-order valence-corrected chi connectivity index (χ2v) is 5.56. The number of carbonyl (C=O) groups is 2. The summed E-state index contributed by atoms with van der Waals surface area (Å²) in [6.07, 6.45) is 0.418. The molecule has 0 aromatic rings. The Labute approximate surface area is 121 Å². The molecule has 2 N–H and O–H groups in total. The summed E-state index contributed by atoms with van der Waals surface area (Å²) in [4.78, 5) is 25.4. The van der Waals surface area contributed by atoms with Crippen LogP contribution in [-0.4, -0.2) is 62.1 Å². The number of carbonyl (C=O) groups excluding carboxylic acids is 2. The van der Waals surface area contributed by atoms with Crippen LogP contribution in [-0.2, 0) is 14.3 Å². The van der Waals surface area contributed by atoms with Crippen LogP contribution >= 0.6 is 0 Å². The monoisotopic (exact) mass is 285 g/mol. The van der Waals surface area contributed by atoms with Crippen LogP contribution < -0.4 is 10.6 Å². The van der Waals surface area contributed by atoms with Gasteiger partial charge in [-0.3, -0.25) is 9.59 Å². The largest absolute Gasteiger partial charge is 0.378 e. The number of ether oxygens (including phenoxy) is 1. The molecule has 0 aliphatic carbocycles. The molecule has 116 valence electrons. The Morgan fingerprint density at radius 2 is 1.85 bits per heavy atom. The minimum Gasteiger partial charge on any atom is -0.378 e. The number of nitrogens with zero attached hydrogens (tertiary/aromatic N) is 1. The fraction of sp³-hybridized carbons (Fsp3) is 0.857. The van der Waals surface area contributed by atoms with Gasteiger partial charge in [0.05, 0.1) is 19.3 Å². The summed E-state index contributed by atoms with van der Waals surface area (Å²) in [6.45, 7) is 9.70. The molecule has 1 rings (SSSR count). The highest BCUT2D eigenvalue weighted by molar-refractivity contribution is 5.81. The van der Waals surface area contributed by atoms with Crippen molar-refractivity contribution in [3.8, 4) is 0 Å². The molecule has 1 saturated heterocycles. The maximum Gasteiger partial charge on any atom is 0.236 e. The molecule has 6 nitrogen and oxygen atoms in total. The Kier molecular flexibility index (Phi) is 7.54. The molecule has 1 atom stereocenters. The maximum absolute atomic E-state index is 11.9. The summed E-state index contributed by atoms with van der Waals surface area (Å²) in [5.41, 5.74) is 0. The van der Waals surface area contributed by atoms with Crippen LogP contribution in [0.3, 0.4) is 0 Å². The average Bonchev–Trinajstić information content (AvgIpc) is 2.45. The topological polar surface area (TPSA) is 70.7 Å². The van der Waals surface area contributed by atoms with E-state index in [1.165, 1.54) is 0 Å². The second-order valence-electron chi connectivity index (χ2n) is 5.56. The van der Waals surface area contributed by atoms with Crippen LogP contribution in [0.2, 0.25) is 0 Å². The molecule has 1 aliphatic heterocycles. The molecule has 1 heterocycles. The Bertz CT molecular complexity index is 315. The maximum atomic E-state index is 11.9. The smallest absolute Gasteiger partial charge is 0.236 e. The first-order valence-electron chi connectivity index (χ1n) is 7.37. The van der Waals surface area contributed by atoms with Gasteiger partial charge in [-0.1, -0.05) is 13.8 Å². The second kappa shape index (κ2) is 8.92. The van der Waals surface area contributed by atoms with Crippen molar-refractivity contribution in [1.82, 2.24) is 15.5 Å². The molecule has 0 saturated carbocycles. The van der Waals surface area contributed by atoms with Gasteiger partial charge in [-0.15, -0.1) is 0 Å². The molecule has 0 spiro atoms. The van der Waals surface area contributed by atoms with E-state index in [9.17, 15) is 9.59 Å². The molecule has 6 heteroatoms. The number of nitrogens with one attached hydrogen (secondary N) is 2. The van der Waals surface area contributed by atoms with E-state index in [0.717, 1.165) is 0 Å². The van der Waals surface area contributed by atoms with Crippen molar-refractivity contribution >= 4 is 11.8 Å². The van der Waals surface area contributed by atoms with Crippen LogP contribution in [0.4, 0.5) is 0 Å². The van der Waals surface area contributed by atoms with Gasteiger partial charge < -0.3 is 20.3 Å². The summed E-state index contributed by atoms with van der Waals surface area (Å²) in [6, 6.07) is -0.272. The summed E-state index contributed by atoms with van der Waals surface area (Å²) < 4.78 is 5.21. The van der Waals surface area contributed by atoms with Gasteiger partial charge in [0.15, 0.2) is 0 Å². The molecule has 20 heavy (non-hydrogen) atoms. The number of hydrogen-bond donors (Lipinski definition) is 2. The molecule has 2 amide bonds. The van der Waals surface area contributed by atoms with E-state index >= 15 is 0 Å². The molecular weight excluding hydrogens is 258 g/mol. The van der Waals surface area contributed by atoms with E-state index in [2.05, 4.69) is 24.5 Å². The van der Waals surface area contributed by atoms with Gasteiger partial charge in [0.1, 0.15) is 0 Å². The minimum atomic E-state index is -0.272. The highest BCUT2D eigenvalue weighted by Gasteiger charge is 2.17. The highest BCUT2D eigenvalue weighted by Crippen LogP contribution is 1.99. The first kappa shape index (κ1) is 16.9. The predicted octanol–water partition coefficient (Wildman–Crippen LogP) is -0.0144. The standard InChI is InChI=1S/C14H27N3O3/c1-11(2)10-16-14(19)12(3)15-5-4-13(18)17-6-8-20-9-7-17/h11-12,15H,4-10H2,1-3H3,(H,16,19). The van der Waals surface area contributed by atoms with Gasteiger partial charge in [0.2, 0.25) is 11.8 Å². The Morgan fingerprint density at radius 1 is 1.20 bits per heavy atom. The fourth-order valence-electron chi connectivity index (χ4n) is 1.92. The summed E-state index contributed by atoms with van der Waals surface area (Å²) in [5, 5.41) is 5.96. The third-order valence-corrected chi connectivity index (χ3v) is 3.23. The van der Waals surface area contributed by atoms with Gasteiger partial charge in [-0.05, 0) is 12.8 Å². The highest BCUT2D eigenvalue weighted by atomic mass is 16.5. The van der Waals surface area contributed by atoms with Crippen molar-refractivity contribution in [2.24, 2.45) is 5.92 Å². The van der Waals surface area contributed by atoms with E-state index in [0.29, 0.717) is 51.7 Å². The van der Waals surface area contributed by atoms with Crippen molar-refractivity contribution in [2.75, 3.05) is 39.4 Å². The van der Waals surface area contributed by atoms with Gasteiger partial charge in [-0.2, -0.15) is 0 Å². The third-order valence-electron chi connectivity index (χ3n) is 3.23. The lowest BCUT2D eigenvalue weighted by molar-refractivity contribution is -0.135. The number of morpholine rings is 1. The van der Waals surface area contributed by atoms with Crippen molar-refractivity contribution in [2.45, 2.75) is 33.2 Å². The number of amides is 2. The lowest BCUT2D eigenvalue weighted by Gasteiger charge is -2.27. The third kappa shape index (κ3) is 6.34. The van der Waals surface area contributed by atoms with Gasteiger partial charge in [0, 0.05) is 32.6 Å². The zero-order chi connectivity index (χ0) is 15.0. The summed E-state index contributed by atoms with van der Waals surface area (Å²) in [7, 11) is 0. The van der Waals surface area contributed by atoms with Crippen molar-refractivity contribution in [3.63, 3.8) is 0 Å². The quantitative estimate of drug-likeness (QED) is 0.690. The van der Waals surface area contributed by atoms with E-state index in [-0.39, 0.29) is 17.9 Å². The van der Waals surface area contributed by atoms with Crippen LogP contribution in [0, 0.1) is 5.92 Å². The van der Waals surface area contributed by atoms with E-state index in [1.807, 2.05) is 11.8 Å². The lowest BCUT2D eigenvalue weighted by Crippen LogP contribution is -2.45. The van der Waals surface area contributed by atoms with E-state index < -0.39 is 0 Å². The van der Waals surface area contributed by atoms with Gasteiger partial charge >= 0.3 is 0 Å². The lowest BCUT2D eigenvalue weighted by atomic mass is 10.2. The average molecular weight is 285 g/mol. The summed E-state index contributed by atoms with van der Waals surface area (Å²) >= 11 is 0. The Morgan fingerprint density at radius 3 is 2.45 bits per heavy atom. The van der Waals surface area contributed by atoms with Gasteiger partial charge in [0.25, 0.3) is 0 Å². The first-order valence-corrected chi connectivity index (χ1v) is 7.37.